The van der Waals surface area contributed by atoms with E-state index in [1.165, 1.54) is 18.2 Å². The molecule has 0 bridgehead atoms. The number of hydrogen-bond donors (Lipinski definition) is 1. The van der Waals surface area contributed by atoms with E-state index >= 15 is 0 Å². The molecule has 0 saturated heterocycles. The fourth-order valence-corrected chi connectivity index (χ4v) is 4.02. The van der Waals surface area contributed by atoms with E-state index in [0.29, 0.717) is 0 Å². The predicted molar refractivity (Wildman–Crippen MR) is 101 cm³/mol. The van der Waals surface area contributed by atoms with E-state index in [1.54, 1.807) is 26.8 Å². The van der Waals surface area contributed by atoms with Crippen LogP contribution in [0.15, 0.2) is 24.3 Å². The van der Waals surface area contributed by atoms with Gasteiger partial charge >= 0.3 is 21.7 Å². The van der Waals surface area contributed by atoms with Crippen molar-refractivity contribution in [3.05, 3.63) is 34.9 Å². The number of amides is 1. The molecule has 1 aliphatic rings. The summed E-state index contributed by atoms with van der Waals surface area (Å²) in [6, 6.07) is 5.92. The maximum atomic E-state index is 13.2. The zero-order chi connectivity index (χ0) is 23.0. The Morgan fingerprint density at radius 2 is 1.83 bits per heavy atom. The summed E-state index contributed by atoms with van der Waals surface area (Å²) in [5.41, 5.74) is -8.46. The van der Waals surface area contributed by atoms with Gasteiger partial charge in [0.15, 0.2) is 5.78 Å². The van der Waals surface area contributed by atoms with Crippen LogP contribution in [0.5, 0.6) is 0 Å². The molecule has 0 heterocycles. The zero-order valence-electron chi connectivity index (χ0n) is 16.4. The van der Waals surface area contributed by atoms with Crippen LogP contribution in [-0.2, 0) is 29.4 Å². The van der Waals surface area contributed by atoms with Crippen LogP contribution in [0.3, 0.4) is 0 Å². The van der Waals surface area contributed by atoms with E-state index in [2.05, 4.69) is 9.50 Å². The molecular weight excluding hydrogens is 451 g/mol. The third-order valence-electron chi connectivity index (χ3n) is 4.31. The lowest BCUT2D eigenvalue weighted by atomic mass is 9.74. The largest absolute Gasteiger partial charge is 0.523 e. The zero-order valence-corrected chi connectivity index (χ0v) is 18.0. The second-order valence-corrected chi connectivity index (χ2v) is 9.72. The lowest BCUT2D eigenvalue weighted by molar-refractivity contribution is -0.137. The van der Waals surface area contributed by atoms with Crippen molar-refractivity contribution in [1.29, 1.82) is 0 Å². The van der Waals surface area contributed by atoms with E-state index in [1.807, 2.05) is 0 Å². The lowest BCUT2D eigenvalue weighted by Gasteiger charge is -2.40. The molecule has 1 fully saturated rings. The maximum Gasteiger partial charge on any atom is 0.523 e. The number of nitrogens with one attached hydrogen (secondary N) is 1. The quantitative estimate of drug-likeness (QED) is 0.525. The van der Waals surface area contributed by atoms with Crippen molar-refractivity contribution in [2.75, 3.05) is 0 Å². The Hall–Kier alpha value is -1.85. The molecule has 1 aromatic carbocycles. The van der Waals surface area contributed by atoms with E-state index in [-0.39, 0.29) is 29.8 Å². The highest BCUT2D eigenvalue weighted by Crippen LogP contribution is 2.40. The van der Waals surface area contributed by atoms with Crippen LogP contribution in [0.2, 0.25) is 5.02 Å². The highest BCUT2D eigenvalue weighted by molar-refractivity contribution is 7.87. The van der Waals surface area contributed by atoms with E-state index in [4.69, 9.17) is 16.3 Å². The Balaban J connectivity index is 2.49. The van der Waals surface area contributed by atoms with Crippen molar-refractivity contribution in [3.8, 4) is 0 Å². The van der Waals surface area contributed by atoms with Crippen LogP contribution < -0.4 is 5.32 Å². The summed E-state index contributed by atoms with van der Waals surface area (Å²) in [4.78, 5) is 25.7. The number of benzene rings is 1. The predicted octanol–water partition coefficient (Wildman–Crippen LogP) is 4.05. The summed E-state index contributed by atoms with van der Waals surface area (Å²) in [5, 5.41) is 2.46. The van der Waals surface area contributed by atoms with Crippen LogP contribution in [-0.4, -0.2) is 37.5 Å². The van der Waals surface area contributed by atoms with Crippen LogP contribution >= 0.6 is 11.6 Å². The minimum atomic E-state index is -6.03. The Labute approximate surface area is 177 Å². The van der Waals surface area contributed by atoms with Gasteiger partial charge in [-0.15, -0.1) is 0 Å². The number of rotatable bonds is 4. The van der Waals surface area contributed by atoms with Crippen LogP contribution in [0.1, 0.15) is 45.6 Å². The summed E-state index contributed by atoms with van der Waals surface area (Å²) in [5.74, 6) is -1.07. The number of alkyl halides is 3. The molecule has 0 spiro atoms. The molecule has 0 aromatic heterocycles. The van der Waals surface area contributed by atoms with Gasteiger partial charge in [-0.2, -0.15) is 21.6 Å². The number of hydrogen-bond acceptors (Lipinski definition) is 6. The molecule has 168 valence electrons. The van der Waals surface area contributed by atoms with Gasteiger partial charge in [0.2, 0.25) is 0 Å². The molecule has 1 aliphatic carbocycles. The van der Waals surface area contributed by atoms with Gasteiger partial charge in [-0.05, 0) is 46.1 Å². The highest BCUT2D eigenvalue weighted by Gasteiger charge is 2.54. The molecule has 30 heavy (non-hydrogen) atoms. The van der Waals surface area contributed by atoms with Gasteiger partial charge in [0.1, 0.15) is 17.2 Å². The summed E-state index contributed by atoms with van der Waals surface area (Å²) in [7, 11) is -6.03. The van der Waals surface area contributed by atoms with E-state index in [9.17, 15) is 31.2 Å². The van der Waals surface area contributed by atoms with Crippen LogP contribution in [0.4, 0.5) is 18.0 Å². The minimum absolute atomic E-state index is 0.0409. The van der Waals surface area contributed by atoms with E-state index in [0.717, 1.165) is 0 Å². The fourth-order valence-electron chi connectivity index (χ4n) is 3.13. The number of ketones is 1. The van der Waals surface area contributed by atoms with Gasteiger partial charge in [-0.3, -0.25) is 8.98 Å². The smallest absolute Gasteiger partial charge is 0.444 e. The molecule has 1 aromatic rings. The highest BCUT2D eigenvalue weighted by atomic mass is 35.5. The van der Waals surface area contributed by atoms with Gasteiger partial charge in [0, 0.05) is 10.6 Å². The van der Waals surface area contributed by atoms with Gasteiger partial charge in [-0.1, -0.05) is 29.8 Å². The Morgan fingerprint density at radius 1 is 1.23 bits per heavy atom. The van der Waals surface area contributed by atoms with Crippen molar-refractivity contribution < 1.29 is 40.1 Å². The molecule has 0 aliphatic heterocycles. The maximum absolute atomic E-state index is 13.2. The van der Waals surface area contributed by atoms with Gasteiger partial charge in [0.25, 0.3) is 0 Å². The molecule has 0 radical (unpaired) electrons. The van der Waals surface area contributed by atoms with Gasteiger partial charge in [0.05, 0.1) is 0 Å². The molecule has 12 heteroatoms. The Morgan fingerprint density at radius 3 is 2.37 bits per heavy atom. The van der Waals surface area contributed by atoms with Crippen LogP contribution in [0.25, 0.3) is 0 Å². The number of alkyl carbamates (subject to hydrolysis) is 1. The molecule has 1 amide bonds. The average Bonchev–Trinajstić information content (AvgIpc) is 2.56. The monoisotopic (exact) mass is 471 g/mol. The SMILES string of the molecule is CC(C)(C)OC(=O)N[C@@]1(c2ccccc2Cl)CCC[C@@H](OS(=O)(=O)C(F)(F)F)C1=O. The Kier molecular flexibility index (Phi) is 6.80. The first-order chi connectivity index (χ1) is 13.6. The van der Waals surface area contributed by atoms with Crippen molar-refractivity contribution in [3.63, 3.8) is 0 Å². The van der Waals surface area contributed by atoms with Crippen molar-refractivity contribution in [2.24, 2.45) is 0 Å². The number of halogens is 4. The fraction of sp³-hybridized carbons (Fsp3) is 0.556. The molecule has 7 nitrogen and oxygen atoms in total. The first kappa shape index (κ1) is 24.4. The van der Waals surface area contributed by atoms with Crippen molar-refractivity contribution in [2.45, 2.75) is 62.8 Å². The second kappa shape index (κ2) is 8.35. The number of carbonyl (C=O) groups is 2. The standard InChI is InChI=1S/C18H21ClF3NO6S/c1-16(2,3)28-15(25)23-17(11-7-4-5-8-12(11)19)10-6-9-13(14(17)24)29-30(26,27)18(20,21)22/h4-5,7-8,13H,6,9-10H2,1-3H3,(H,23,25)/t13-,17-/m1/s1. The molecule has 0 unspecified atom stereocenters. The third kappa shape index (κ3) is 5.25. The molecular formula is C18H21ClF3NO6S. The molecule has 2 rings (SSSR count). The third-order valence-corrected chi connectivity index (χ3v) is 5.69. The summed E-state index contributed by atoms with van der Waals surface area (Å²) >= 11 is 6.20. The lowest BCUT2D eigenvalue weighted by Crippen LogP contribution is -2.59. The average molecular weight is 472 g/mol. The first-order valence-corrected chi connectivity index (χ1v) is 10.7. The summed E-state index contributed by atoms with van der Waals surface area (Å²) < 4.78 is 70.6. The molecule has 1 N–H and O–H groups in total. The second-order valence-electron chi connectivity index (χ2n) is 7.75. The normalized spacial score (nSPS) is 23.2. The molecule has 2 atom stereocenters. The molecule has 1 saturated carbocycles. The minimum Gasteiger partial charge on any atom is -0.444 e. The van der Waals surface area contributed by atoms with E-state index < -0.39 is 44.7 Å². The topological polar surface area (TPSA) is 98.8 Å². The van der Waals surface area contributed by atoms with Crippen LogP contribution in [0, 0.1) is 0 Å². The van der Waals surface area contributed by atoms with Gasteiger partial charge < -0.3 is 10.1 Å². The van der Waals surface area contributed by atoms with Crippen molar-refractivity contribution in [1.82, 2.24) is 5.32 Å². The number of Topliss-reactive ketones (excluding diaryl/α,β-unsaturated/α-hetero) is 1. The number of carbonyl (C=O) groups excluding carboxylic acids is 2. The first-order valence-electron chi connectivity index (χ1n) is 8.89. The Bertz CT molecular complexity index is 929. The van der Waals surface area contributed by atoms with Gasteiger partial charge in [-0.25, -0.2) is 4.79 Å². The van der Waals surface area contributed by atoms with Crippen molar-refractivity contribution >= 4 is 33.6 Å². The summed E-state index contributed by atoms with van der Waals surface area (Å²) in [6.45, 7) is 4.75. The number of ether oxygens (including phenoxy) is 1. The summed E-state index contributed by atoms with van der Waals surface area (Å²) in [6.07, 6.45) is -3.23.